The molecule has 0 amide bonds. The van der Waals surface area contributed by atoms with Crippen molar-refractivity contribution in [2.75, 3.05) is 7.11 Å². The summed E-state index contributed by atoms with van der Waals surface area (Å²) in [6.07, 6.45) is 0.423. The fourth-order valence-electron chi connectivity index (χ4n) is 2.72. The van der Waals surface area contributed by atoms with Gasteiger partial charge in [0, 0.05) is 6.07 Å². The monoisotopic (exact) mass is 323 g/mol. The van der Waals surface area contributed by atoms with Crippen LogP contribution in [0.4, 0.5) is 4.39 Å². The number of hydrogen-bond donors (Lipinski definition) is 0. The average Bonchev–Trinajstić information content (AvgIpc) is 2.58. The van der Waals surface area contributed by atoms with Gasteiger partial charge in [0.2, 0.25) is 0 Å². The minimum atomic E-state index is -0.288. The van der Waals surface area contributed by atoms with Crippen LogP contribution in [-0.2, 0) is 6.42 Å². The van der Waals surface area contributed by atoms with Gasteiger partial charge in [-0.1, -0.05) is 29.8 Å². The van der Waals surface area contributed by atoms with E-state index in [1.165, 1.54) is 12.1 Å². The normalized spacial score (nSPS) is 10.6. The summed E-state index contributed by atoms with van der Waals surface area (Å²) in [6.45, 7) is 1.98. The highest BCUT2D eigenvalue weighted by atomic mass is 19.1. The Hall–Kier alpha value is -2.88. The molecule has 3 aromatic rings. The number of benzene rings is 2. The molecule has 0 aliphatic rings. The molecule has 1 aromatic heterocycles. The van der Waals surface area contributed by atoms with E-state index in [1.54, 1.807) is 31.4 Å². The van der Waals surface area contributed by atoms with Crippen LogP contribution in [0.25, 0.3) is 11.3 Å². The van der Waals surface area contributed by atoms with Crippen molar-refractivity contribution >= 4 is 0 Å². The molecule has 0 aliphatic carbocycles. The zero-order valence-electron chi connectivity index (χ0n) is 13.6. The van der Waals surface area contributed by atoms with Gasteiger partial charge < -0.3 is 9.94 Å². The highest BCUT2D eigenvalue weighted by Crippen LogP contribution is 2.27. The standard InChI is InChI=1S/C20H18FNO2/c1-14-4-3-5-16(12-14)20-19(24-2)11-10-18(22(20)23)13-15-6-8-17(21)9-7-15/h3-12H,13H2,1-2H3. The third-order valence-corrected chi connectivity index (χ3v) is 3.93. The molecule has 0 radical (unpaired) electrons. The van der Waals surface area contributed by atoms with E-state index in [2.05, 4.69) is 0 Å². The number of aromatic nitrogens is 1. The molecule has 0 saturated carbocycles. The summed E-state index contributed by atoms with van der Waals surface area (Å²) >= 11 is 0. The highest BCUT2D eigenvalue weighted by Gasteiger charge is 2.20. The lowest BCUT2D eigenvalue weighted by Gasteiger charge is -2.13. The predicted molar refractivity (Wildman–Crippen MR) is 91.3 cm³/mol. The Morgan fingerprint density at radius 1 is 1.04 bits per heavy atom. The second kappa shape index (κ2) is 6.71. The van der Waals surface area contributed by atoms with Crippen molar-refractivity contribution in [1.29, 1.82) is 0 Å². The van der Waals surface area contributed by atoms with E-state index in [4.69, 9.17) is 4.74 Å². The Labute approximate surface area is 140 Å². The third-order valence-electron chi connectivity index (χ3n) is 3.93. The molecule has 0 N–H and O–H groups in total. The molecule has 24 heavy (non-hydrogen) atoms. The molecule has 0 aliphatic heterocycles. The number of halogens is 1. The first-order valence-electron chi connectivity index (χ1n) is 7.69. The molecule has 3 rings (SSSR count). The summed E-state index contributed by atoms with van der Waals surface area (Å²) in [5.74, 6) is 0.238. The van der Waals surface area contributed by atoms with Gasteiger partial charge in [-0.25, -0.2) is 4.39 Å². The quantitative estimate of drug-likeness (QED) is 0.537. The molecule has 0 spiro atoms. The van der Waals surface area contributed by atoms with Gasteiger partial charge in [-0.2, -0.15) is 4.73 Å². The first-order valence-corrected chi connectivity index (χ1v) is 7.69. The van der Waals surface area contributed by atoms with Crippen molar-refractivity contribution in [1.82, 2.24) is 0 Å². The van der Waals surface area contributed by atoms with Gasteiger partial charge in [-0.05, 0) is 42.8 Å². The molecule has 0 bridgehead atoms. The van der Waals surface area contributed by atoms with E-state index in [0.717, 1.165) is 21.4 Å². The molecule has 2 aromatic carbocycles. The average molecular weight is 323 g/mol. The van der Waals surface area contributed by atoms with Gasteiger partial charge in [-0.3, -0.25) is 0 Å². The smallest absolute Gasteiger partial charge is 0.266 e. The molecule has 0 saturated heterocycles. The lowest BCUT2D eigenvalue weighted by atomic mass is 10.0. The molecule has 4 heteroatoms. The Balaban J connectivity index is 2.06. The summed E-state index contributed by atoms with van der Waals surface area (Å²) in [5, 5.41) is 12.9. The maximum Gasteiger partial charge on any atom is 0.266 e. The summed E-state index contributed by atoms with van der Waals surface area (Å²) in [7, 11) is 1.55. The Bertz CT molecular complexity index is 860. The summed E-state index contributed by atoms with van der Waals surface area (Å²) in [6, 6.07) is 17.4. The minimum absolute atomic E-state index is 0.288. The van der Waals surface area contributed by atoms with E-state index in [-0.39, 0.29) is 5.82 Å². The van der Waals surface area contributed by atoms with Gasteiger partial charge in [0.25, 0.3) is 5.69 Å². The fraction of sp³-hybridized carbons (Fsp3) is 0.150. The van der Waals surface area contributed by atoms with E-state index in [9.17, 15) is 9.60 Å². The first kappa shape index (κ1) is 16.0. The van der Waals surface area contributed by atoms with Gasteiger partial charge in [0.15, 0.2) is 11.4 Å². The van der Waals surface area contributed by atoms with Crippen molar-refractivity contribution in [2.24, 2.45) is 0 Å². The van der Waals surface area contributed by atoms with Gasteiger partial charge >= 0.3 is 0 Å². The topological polar surface area (TPSA) is 36.2 Å². The third kappa shape index (κ3) is 3.23. The zero-order chi connectivity index (χ0) is 17.1. The highest BCUT2D eigenvalue weighted by molar-refractivity contribution is 5.64. The van der Waals surface area contributed by atoms with Gasteiger partial charge in [0.05, 0.1) is 19.1 Å². The number of nitrogens with zero attached hydrogens (tertiary/aromatic N) is 1. The minimum Gasteiger partial charge on any atom is -0.618 e. The largest absolute Gasteiger partial charge is 0.618 e. The Morgan fingerprint density at radius 2 is 1.79 bits per heavy atom. The van der Waals surface area contributed by atoms with Crippen LogP contribution in [0.15, 0.2) is 60.7 Å². The van der Waals surface area contributed by atoms with E-state index >= 15 is 0 Å². The molecule has 3 nitrogen and oxygen atoms in total. The Morgan fingerprint density at radius 3 is 2.46 bits per heavy atom. The van der Waals surface area contributed by atoms with Crippen molar-refractivity contribution < 1.29 is 13.9 Å². The van der Waals surface area contributed by atoms with Crippen LogP contribution in [0, 0.1) is 17.9 Å². The van der Waals surface area contributed by atoms with Crippen LogP contribution in [-0.4, -0.2) is 7.11 Å². The first-order chi connectivity index (χ1) is 11.6. The second-order valence-electron chi connectivity index (χ2n) is 5.71. The summed E-state index contributed by atoms with van der Waals surface area (Å²) in [4.78, 5) is 0. The predicted octanol–water partition coefficient (Wildman–Crippen LogP) is 4.03. The summed E-state index contributed by atoms with van der Waals surface area (Å²) < 4.78 is 19.3. The number of methoxy groups -OCH3 is 1. The SMILES string of the molecule is COc1ccc(Cc2ccc(F)cc2)[n+]([O-])c1-c1cccc(C)c1. The fourth-order valence-corrected chi connectivity index (χ4v) is 2.72. The number of pyridine rings is 1. The van der Waals surface area contributed by atoms with Crippen LogP contribution < -0.4 is 9.47 Å². The zero-order valence-corrected chi connectivity index (χ0v) is 13.6. The maximum absolute atomic E-state index is 13.0. The maximum atomic E-state index is 13.0. The molecule has 122 valence electrons. The van der Waals surface area contributed by atoms with Crippen LogP contribution >= 0.6 is 0 Å². The molecular formula is C20H18FNO2. The van der Waals surface area contributed by atoms with E-state index in [0.29, 0.717) is 23.6 Å². The van der Waals surface area contributed by atoms with Crippen LogP contribution in [0.5, 0.6) is 5.75 Å². The van der Waals surface area contributed by atoms with Gasteiger partial charge in [0.1, 0.15) is 5.82 Å². The van der Waals surface area contributed by atoms with Crippen LogP contribution in [0.2, 0.25) is 0 Å². The summed E-state index contributed by atoms with van der Waals surface area (Å²) in [5.41, 5.74) is 3.82. The number of rotatable bonds is 4. The van der Waals surface area contributed by atoms with Crippen molar-refractivity contribution in [3.63, 3.8) is 0 Å². The Kier molecular flexibility index (Phi) is 4.47. The molecular weight excluding hydrogens is 305 g/mol. The lowest BCUT2D eigenvalue weighted by Crippen LogP contribution is -2.35. The number of hydrogen-bond acceptors (Lipinski definition) is 2. The van der Waals surface area contributed by atoms with Crippen molar-refractivity contribution in [3.8, 4) is 17.0 Å². The second-order valence-corrected chi connectivity index (χ2v) is 5.71. The number of aryl methyl sites for hydroxylation is 1. The number of ether oxygens (including phenoxy) is 1. The molecule has 0 atom stereocenters. The van der Waals surface area contributed by atoms with Crippen molar-refractivity contribution in [2.45, 2.75) is 13.3 Å². The molecule has 0 unspecified atom stereocenters. The van der Waals surface area contributed by atoms with Crippen LogP contribution in [0.3, 0.4) is 0 Å². The van der Waals surface area contributed by atoms with E-state index in [1.807, 2.05) is 31.2 Å². The van der Waals surface area contributed by atoms with E-state index < -0.39 is 0 Å². The van der Waals surface area contributed by atoms with Crippen LogP contribution in [0.1, 0.15) is 16.8 Å². The molecule has 1 heterocycles. The van der Waals surface area contributed by atoms with Gasteiger partial charge in [-0.15, -0.1) is 0 Å². The van der Waals surface area contributed by atoms with Crippen molar-refractivity contribution in [3.05, 3.63) is 88.5 Å². The molecule has 0 fully saturated rings. The lowest BCUT2D eigenvalue weighted by molar-refractivity contribution is -0.602.